The average Bonchev–Trinajstić information content (AvgIpc) is 2.84. The fourth-order valence-electron chi connectivity index (χ4n) is 2.12. The van der Waals surface area contributed by atoms with Crippen LogP contribution in [0.2, 0.25) is 0 Å². The lowest BCUT2D eigenvalue weighted by atomic mass is 9.79. The van der Waals surface area contributed by atoms with Gasteiger partial charge < -0.3 is 10.4 Å². The summed E-state index contributed by atoms with van der Waals surface area (Å²) in [6.45, 7) is 2.48. The summed E-state index contributed by atoms with van der Waals surface area (Å²) in [5, 5.41) is 15.4. The number of nitrogens with one attached hydrogen (secondary N) is 1. The maximum absolute atomic E-state index is 11.7. The summed E-state index contributed by atoms with van der Waals surface area (Å²) in [6.07, 6.45) is 2.26. The van der Waals surface area contributed by atoms with E-state index in [4.69, 9.17) is 0 Å². The van der Waals surface area contributed by atoms with Crippen molar-refractivity contribution in [2.24, 2.45) is 0 Å². The number of thioether (sulfide) groups is 1. The minimum Gasteiger partial charge on any atom is -0.387 e. The molecule has 1 aliphatic carbocycles. The number of rotatable bonds is 6. The number of thiophene rings is 1. The topological polar surface area (TPSA) is 49.3 Å². The van der Waals surface area contributed by atoms with Crippen LogP contribution in [0.3, 0.4) is 0 Å². The monoisotopic (exact) mass is 285 g/mol. The molecule has 2 N–H and O–H groups in total. The van der Waals surface area contributed by atoms with E-state index >= 15 is 0 Å². The van der Waals surface area contributed by atoms with E-state index in [2.05, 4.69) is 12.2 Å². The third-order valence-electron chi connectivity index (χ3n) is 3.31. The number of carbonyl (C=O) groups excluding carboxylic acids is 1. The lowest BCUT2D eigenvalue weighted by molar-refractivity contribution is -0.122. The van der Waals surface area contributed by atoms with Crippen LogP contribution < -0.4 is 5.32 Å². The zero-order valence-electron chi connectivity index (χ0n) is 10.5. The van der Waals surface area contributed by atoms with Gasteiger partial charge in [0.2, 0.25) is 5.91 Å². The molecule has 1 amide bonds. The number of carbonyl (C=O) groups is 1. The van der Waals surface area contributed by atoms with Gasteiger partial charge in [-0.3, -0.25) is 4.79 Å². The third-order valence-corrected chi connectivity index (χ3v) is 5.60. The molecule has 0 radical (unpaired) electrons. The Morgan fingerprint density at radius 3 is 3.11 bits per heavy atom. The van der Waals surface area contributed by atoms with Gasteiger partial charge in [0.1, 0.15) is 0 Å². The number of hydrogen-bond acceptors (Lipinski definition) is 4. The van der Waals surface area contributed by atoms with Gasteiger partial charge in [-0.1, -0.05) is 13.0 Å². The second-order valence-electron chi connectivity index (χ2n) is 4.62. The first kappa shape index (κ1) is 13.9. The Balaban J connectivity index is 1.75. The molecule has 2 unspecified atom stereocenters. The van der Waals surface area contributed by atoms with Gasteiger partial charge in [-0.25, -0.2) is 0 Å². The maximum atomic E-state index is 11.7. The van der Waals surface area contributed by atoms with E-state index in [1.165, 1.54) is 0 Å². The van der Waals surface area contributed by atoms with Crippen LogP contribution in [-0.2, 0) is 11.2 Å². The standard InChI is InChI=1S/C13H19NO2S2/c1-2-17-11-5-6-13(11,16)9-14-12(15)8-10-4-3-7-18-10/h3-4,7,11,16H,2,5-6,8-9H2,1H3,(H,14,15). The van der Waals surface area contributed by atoms with Crippen LogP contribution in [0.4, 0.5) is 0 Å². The lowest BCUT2D eigenvalue weighted by Gasteiger charge is -2.45. The molecule has 5 heteroatoms. The molecule has 100 valence electrons. The number of aliphatic hydroxyl groups is 1. The molecule has 1 aliphatic rings. The van der Waals surface area contributed by atoms with E-state index in [0.717, 1.165) is 23.5 Å². The second-order valence-corrected chi connectivity index (χ2v) is 7.13. The molecule has 2 rings (SSSR count). The Morgan fingerprint density at radius 2 is 2.56 bits per heavy atom. The van der Waals surface area contributed by atoms with Crippen LogP contribution in [0, 0.1) is 0 Å². The van der Waals surface area contributed by atoms with Gasteiger partial charge in [0.15, 0.2) is 0 Å². The molecule has 2 atom stereocenters. The zero-order valence-corrected chi connectivity index (χ0v) is 12.1. The smallest absolute Gasteiger partial charge is 0.225 e. The van der Waals surface area contributed by atoms with Gasteiger partial charge in [0, 0.05) is 16.7 Å². The Kier molecular flexibility index (Phi) is 4.70. The van der Waals surface area contributed by atoms with Gasteiger partial charge in [0.25, 0.3) is 0 Å². The molecule has 0 spiro atoms. The van der Waals surface area contributed by atoms with Crippen LogP contribution in [-0.4, -0.2) is 34.2 Å². The highest BCUT2D eigenvalue weighted by atomic mass is 32.2. The molecule has 1 aromatic rings. The molecule has 18 heavy (non-hydrogen) atoms. The van der Waals surface area contributed by atoms with E-state index < -0.39 is 5.60 Å². The summed E-state index contributed by atoms with van der Waals surface area (Å²) in [7, 11) is 0. The van der Waals surface area contributed by atoms with E-state index in [1.54, 1.807) is 23.1 Å². The number of amides is 1. The fourth-order valence-corrected chi connectivity index (χ4v) is 4.02. The van der Waals surface area contributed by atoms with Crippen molar-refractivity contribution in [2.45, 2.75) is 37.0 Å². The Labute approximate surface area is 116 Å². The molecular formula is C13H19NO2S2. The third kappa shape index (κ3) is 3.28. The highest BCUT2D eigenvalue weighted by Crippen LogP contribution is 2.40. The van der Waals surface area contributed by atoms with Crippen molar-refractivity contribution in [3.05, 3.63) is 22.4 Å². The van der Waals surface area contributed by atoms with Gasteiger partial charge in [0.05, 0.1) is 12.0 Å². The van der Waals surface area contributed by atoms with Crippen LogP contribution in [0.1, 0.15) is 24.6 Å². The minimum atomic E-state index is -0.689. The van der Waals surface area contributed by atoms with Crippen molar-refractivity contribution in [3.63, 3.8) is 0 Å². The molecule has 0 aliphatic heterocycles. The molecule has 0 bridgehead atoms. The molecular weight excluding hydrogens is 266 g/mol. The van der Waals surface area contributed by atoms with E-state index in [0.29, 0.717) is 13.0 Å². The first-order valence-electron chi connectivity index (χ1n) is 6.27. The van der Waals surface area contributed by atoms with Gasteiger partial charge >= 0.3 is 0 Å². The second kappa shape index (κ2) is 6.08. The molecule has 1 saturated carbocycles. The molecule has 1 aromatic heterocycles. The predicted molar refractivity (Wildman–Crippen MR) is 77.1 cm³/mol. The molecule has 3 nitrogen and oxygen atoms in total. The van der Waals surface area contributed by atoms with E-state index in [-0.39, 0.29) is 11.2 Å². The minimum absolute atomic E-state index is 0.00183. The Morgan fingerprint density at radius 1 is 1.72 bits per heavy atom. The first-order valence-corrected chi connectivity index (χ1v) is 8.20. The highest BCUT2D eigenvalue weighted by Gasteiger charge is 2.45. The Hall–Kier alpha value is -0.520. The summed E-state index contributed by atoms with van der Waals surface area (Å²) in [6, 6.07) is 3.90. The zero-order chi connectivity index (χ0) is 13.0. The van der Waals surface area contributed by atoms with Crippen LogP contribution in [0.15, 0.2) is 17.5 Å². The summed E-state index contributed by atoms with van der Waals surface area (Å²) < 4.78 is 0. The maximum Gasteiger partial charge on any atom is 0.225 e. The summed E-state index contributed by atoms with van der Waals surface area (Å²) >= 11 is 3.37. The van der Waals surface area contributed by atoms with E-state index in [1.807, 2.05) is 17.5 Å². The van der Waals surface area contributed by atoms with Gasteiger partial charge in [-0.2, -0.15) is 11.8 Å². The van der Waals surface area contributed by atoms with Crippen LogP contribution >= 0.6 is 23.1 Å². The van der Waals surface area contributed by atoms with Crippen LogP contribution in [0.25, 0.3) is 0 Å². The summed E-state index contributed by atoms with van der Waals surface area (Å²) in [5.74, 6) is 1.01. The highest BCUT2D eigenvalue weighted by molar-refractivity contribution is 8.00. The van der Waals surface area contributed by atoms with E-state index in [9.17, 15) is 9.90 Å². The Bertz CT molecular complexity index is 394. The SMILES string of the molecule is CCSC1CCC1(O)CNC(=O)Cc1cccs1. The molecule has 0 saturated heterocycles. The largest absolute Gasteiger partial charge is 0.387 e. The lowest BCUT2D eigenvalue weighted by Crippen LogP contribution is -2.57. The average molecular weight is 285 g/mol. The van der Waals surface area contributed by atoms with Gasteiger partial charge in [-0.15, -0.1) is 11.3 Å². The predicted octanol–water partition coefficient (Wildman–Crippen LogP) is 2.05. The normalized spacial score (nSPS) is 26.7. The van der Waals surface area contributed by atoms with Crippen molar-refractivity contribution in [3.8, 4) is 0 Å². The van der Waals surface area contributed by atoms with Crippen molar-refractivity contribution in [2.75, 3.05) is 12.3 Å². The van der Waals surface area contributed by atoms with Gasteiger partial charge in [-0.05, 0) is 30.0 Å². The number of hydrogen-bond donors (Lipinski definition) is 2. The van der Waals surface area contributed by atoms with Crippen molar-refractivity contribution >= 4 is 29.0 Å². The first-order chi connectivity index (χ1) is 8.64. The quantitative estimate of drug-likeness (QED) is 0.841. The molecule has 1 heterocycles. The fraction of sp³-hybridized carbons (Fsp3) is 0.615. The van der Waals surface area contributed by atoms with Crippen molar-refractivity contribution in [1.29, 1.82) is 0 Å². The van der Waals surface area contributed by atoms with Crippen molar-refractivity contribution in [1.82, 2.24) is 5.32 Å². The van der Waals surface area contributed by atoms with Crippen molar-refractivity contribution < 1.29 is 9.90 Å². The summed E-state index contributed by atoms with van der Waals surface area (Å²) in [4.78, 5) is 12.8. The van der Waals surface area contributed by atoms with Crippen LogP contribution in [0.5, 0.6) is 0 Å². The molecule has 1 fully saturated rings. The molecule has 0 aromatic carbocycles. The summed E-state index contributed by atoms with van der Waals surface area (Å²) in [5.41, 5.74) is -0.689.